The molecule has 0 aliphatic rings. The molecule has 0 N–H and O–H groups in total. The molecule has 11 rings (SSSR count). The van der Waals surface area contributed by atoms with E-state index >= 15 is 0 Å². The highest BCUT2D eigenvalue weighted by Crippen LogP contribution is 2.42. The SMILES string of the molecule is c1ccc(-n2c(-c3ccc(-c4cc(-c5ccc6ccccc6c5)cc5c4oc4ccc(-c6ccc7ccccc7c6)cc45)cc3)nc3ccccc32)cc1. The van der Waals surface area contributed by atoms with Gasteiger partial charge < -0.3 is 4.42 Å². The Balaban J connectivity index is 1.09. The molecule has 0 fully saturated rings. The topological polar surface area (TPSA) is 31.0 Å². The number of aromatic nitrogens is 2. The zero-order valence-corrected chi connectivity index (χ0v) is 29.3. The van der Waals surface area contributed by atoms with Crippen LogP contribution in [0.1, 0.15) is 0 Å². The van der Waals surface area contributed by atoms with E-state index in [-0.39, 0.29) is 0 Å². The Morgan fingerprint density at radius 1 is 0.389 bits per heavy atom. The fourth-order valence-corrected chi connectivity index (χ4v) is 8.03. The Morgan fingerprint density at radius 3 is 1.69 bits per heavy atom. The highest BCUT2D eigenvalue weighted by molar-refractivity contribution is 6.12. The summed E-state index contributed by atoms with van der Waals surface area (Å²) in [6.07, 6.45) is 0. The summed E-state index contributed by atoms with van der Waals surface area (Å²) >= 11 is 0. The molecule has 3 nitrogen and oxygen atoms in total. The minimum atomic E-state index is 0.875. The first kappa shape index (κ1) is 30.4. The molecule has 2 aromatic heterocycles. The molecule has 0 bridgehead atoms. The van der Waals surface area contributed by atoms with Crippen LogP contribution in [0.15, 0.2) is 199 Å². The van der Waals surface area contributed by atoms with E-state index in [2.05, 4.69) is 187 Å². The molecule has 0 unspecified atom stereocenters. The smallest absolute Gasteiger partial charge is 0.145 e. The van der Waals surface area contributed by atoms with E-state index in [9.17, 15) is 0 Å². The van der Waals surface area contributed by atoms with Crippen LogP contribution in [-0.4, -0.2) is 9.55 Å². The molecule has 2 heterocycles. The number of para-hydroxylation sites is 3. The summed E-state index contributed by atoms with van der Waals surface area (Å²) in [5.41, 5.74) is 12.8. The quantitative estimate of drug-likeness (QED) is 0.180. The van der Waals surface area contributed by atoms with E-state index in [1.807, 2.05) is 12.1 Å². The monoisotopic (exact) mass is 688 g/mol. The lowest BCUT2D eigenvalue weighted by Crippen LogP contribution is -1.97. The van der Waals surface area contributed by atoms with Crippen molar-refractivity contribution in [3.63, 3.8) is 0 Å². The normalized spacial score (nSPS) is 11.7. The van der Waals surface area contributed by atoms with Gasteiger partial charge in [0.1, 0.15) is 17.0 Å². The second kappa shape index (κ2) is 12.2. The largest absolute Gasteiger partial charge is 0.455 e. The van der Waals surface area contributed by atoms with E-state index < -0.39 is 0 Å². The maximum Gasteiger partial charge on any atom is 0.145 e. The Kier molecular flexibility index (Phi) is 6.86. The van der Waals surface area contributed by atoms with E-state index in [0.717, 1.165) is 66.7 Å². The van der Waals surface area contributed by atoms with Gasteiger partial charge in [0, 0.05) is 27.6 Å². The van der Waals surface area contributed by atoms with Crippen LogP contribution in [-0.2, 0) is 0 Å². The minimum absolute atomic E-state index is 0.875. The van der Waals surface area contributed by atoms with E-state index in [1.165, 1.54) is 38.2 Å². The minimum Gasteiger partial charge on any atom is -0.455 e. The van der Waals surface area contributed by atoms with Crippen molar-refractivity contribution in [3.8, 4) is 50.5 Å². The van der Waals surface area contributed by atoms with E-state index in [1.54, 1.807) is 0 Å². The molecule has 0 atom stereocenters. The van der Waals surface area contributed by atoms with Crippen LogP contribution in [0.4, 0.5) is 0 Å². The van der Waals surface area contributed by atoms with E-state index in [4.69, 9.17) is 9.40 Å². The number of hydrogen-bond acceptors (Lipinski definition) is 2. The molecule has 9 aromatic carbocycles. The molecule has 3 heteroatoms. The third-order valence-electron chi connectivity index (χ3n) is 10.8. The van der Waals surface area contributed by atoms with Gasteiger partial charge in [-0.15, -0.1) is 0 Å². The van der Waals surface area contributed by atoms with Gasteiger partial charge in [-0.25, -0.2) is 4.98 Å². The summed E-state index contributed by atoms with van der Waals surface area (Å²) in [6.45, 7) is 0. The van der Waals surface area contributed by atoms with E-state index in [0.29, 0.717) is 0 Å². The summed E-state index contributed by atoms with van der Waals surface area (Å²) in [4.78, 5) is 5.11. The maximum absolute atomic E-state index is 6.78. The van der Waals surface area contributed by atoms with Gasteiger partial charge in [-0.3, -0.25) is 4.57 Å². The molecule has 11 aromatic rings. The molecule has 0 amide bonds. The lowest BCUT2D eigenvalue weighted by Gasteiger charge is -2.11. The van der Waals surface area contributed by atoms with Gasteiger partial charge >= 0.3 is 0 Å². The number of furan rings is 1. The molecular weight excluding hydrogens is 657 g/mol. The molecule has 0 spiro atoms. The lowest BCUT2D eigenvalue weighted by atomic mass is 9.93. The highest BCUT2D eigenvalue weighted by Gasteiger charge is 2.18. The van der Waals surface area contributed by atoms with Gasteiger partial charge in [-0.05, 0) is 110 Å². The van der Waals surface area contributed by atoms with Gasteiger partial charge in [0.05, 0.1) is 11.0 Å². The third-order valence-corrected chi connectivity index (χ3v) is 10.8. The molecule has 0 saturated heterocycles. The highest BCUT2D eigenvalue weighted by atomic mass is 16.3. The average Bonchev–Trinajstić information content (AvgIpc) is 3.82. The van der Waals surface area contributed by atoms with Crippen LogP contribution in [0.5, 0.6) is 0 Å². The number of rotatable bonds is 5. The Morgan fingerprint density at radius 2 is 0.944 bits per heavy atom. The Labute approximate surface area is 312 Å². The van der Waals surface area contributed by atoms with Crippen LogP contribution in [0.3, 0.4) is 0 Å². The number of benzene rings is 9. The first-order valence-corrected chi connectivity index (χ1v) is 18.4. The summed E-state index contributed by atoms with van der Waals surface area (Å²) in [6, 6.07) is 69.2. The van der Waals surface area contributed by atoms with Crippen LogP contribution in [0, 0.1) is 0 Å². The van der Waals surface area contributed by atoms with Crippen LogP contribution in [0.25, 0.3) is 105 Å². The first-order chi connectivity index (χ1) is 26.7. The number of fused-ring (bicyclic) bond motifs is 6. The molecule has 0 saturated carbocycles. The molecule has 0 aliphatic heterocycles. The molecular formula is C51H32N2O. The molecule has 54 heavy (non-hydrogen) atoms. The average molecular weight is 689 g/mol. The standard InChI is InChI=1S/C51H32N2O/c1-2-14-43(15-3-1)53-48-17-9-8-16-47(48)52-51(53)36-22-20-35(21-23-36)44-31-42(40-25-19-34-11-5-7-13-38(34)29-40)32-46-45-30-41(26-27-49(45)54-50(44)46)39-24-18-33-10-4-6-12-37(33)28-39/h1-32H. The van der Waals surface area contributed by atoms with Gasteiger partial charge in [-0.2, -0.15) is 0 Å². The van der Waals surface area contributed by atoms with Gasteiger partial charge in [0.2, 0.25) is 0 Å². The second-order valence-corrected chi connectivity index (χ2v) is 14.0. The second-order valence-electron chi connectivity index (χ2n) is 14.0. The van der Waals surface area contributed by atoms with Gasteiger partial charge in [0.15, 0.2) is 0 Å². The maximum atomic E-state index is 6.78. The summed E-state index contributed by atoms with van der Waals surface area (Å²) in [5.74, 6) is 0.911. The molecule has 0 aliphatic carbocycles. The van der Waals surface area contributed by atoms with Crippen LogP contribution in [0.2, 0.25) is 0 Å². The third kappa shape index (κ3) is 5.02. The Hall–Kier alpha value is -7.23. The summed E-state index contributed by atoms with van der Waals surface area (Å²) in [7, 11) is 0. The van der Waals surface area contributed by atoms with Crippen molar-refractivity contribution < 1.29 is 4.42 Å². The number of hydrogen-bond donors (Lipinski definition) is 0. The molecule has 0 radical (unpaired) electrons. The summed E-state index contributed by atoms with van der Waals surface area (Å²) in [5, 5.41) is 7.13. The fraction of sp³-hybridized carbons (Fsp3) is 0. The van der Waals surface area contributed by atoms with Gasteiger partial charge in [0.25, 0.3) is 0 Å². The molecule has 252 valence electrons. The first-order valence-electron chi connectivity index (χ1n) is 18.4. The van der Waals surface area contributed by atoms with Crippen molar-refractivity contribution in [2.75, 3.05) is 0 Å². The predicted molar refractivity (Wildman–Crippen MR) is 225 cm³/mol. The fourth-order valence-electron chi connectivity index (χ4n) is 8.03. The summed E-state index contributed by atoms with van der Waals surface area (Å²) < 4.78 is 9.02. The zero-order chi connectivity index (χ0) is 35.6. The lowest BCUT2D eigenvalue weighted by molar-refractivity contribution is 0.670. The van der Waals surface area contributed by atoms with Crippen LogP contribution >= 0.6 is 0 Å². The predicted octanol–water partition coefficient (Wildman–Crippen LogP) is 13.9. The zero-order valence-electron chi connectivity index (χ0n) is 29.3. The van der Waals surface area contributed by atoms with Crippen molar-refractivity contribution in [2.24, 2.45) is 0 Å². The Bertz CT molecular complexity index is 3210. The van der Waals surface area contributed by atoms with Crippen molar-refractivity contribution in [2.45, 2.75) is 0 Å². The van der Waals surface area contributed by atoms with Crippen molar-refractivity contribution in [1.29, 1.82) is 0 Å². The van der Waals surface area contributed by atoms with Crippen molar-refractivity contribution >= 4 is 54.5 Å². The number of imidazole rings is 1. The van der Waals surface area contributed by atoms with Crippen molar-refractivity contribution in [3.05, 3.63) is 194 Å². The van der Waals surface area contributed by atoms with Gasteiger partial charge in [-0.1, -0.05) is 133 Å². The number of nitrogens with zero attached hydrogens (tertiary/aromatic N) is 2. The van der Waals surface area contributed by atoms with Crippen LogP contribution < -0.4 is 0 Å². The van der Waals surface area contributed by atoms with Crippen molar-refractivity contribution in [1.82, 2.24) is 9.55 Å².